The normalized spacial score (nSPS) is 13.6. The van der Waals surface area contributed by atoms with Crippen LogP contribution in [-0.4, -0.2) is 10.1 Å². The number of benzene rings is 2. The van der Waals surface area contributed by atoms with Gasteiger partial charge in [-0.1, -0.05) is 36.4 Å². The quantitative estimate of drug-likeness (QED) is 0.779. The smallest absolute Gasteiger partial charge is 0.114 e. The van der Waals surface area contributed by atoms with Crippen LogP contribution < -0.4 is 0 Å². The first-order valence-electron chi connectivity index (χ1n) is 6.70. The summed E-state index contributed by atoms with van der Waals surface area (Å²) in [5, 5.41) is 21.0. The van der Waals surface area contributed by atoms with Crippen LogP contribution in [0.3, 0.4) is 0 Å². The minimum absolute atomic E-state index is 0.529. The molecule has 0 amide bonds. The van der Waals surface area contributed by atoms with Crippen molar-refractivity contribution in [2.75, 3.05) is 0 Å². The second kappa shape index (κ2) is 5.01. The number of aromatic nitrogens is 1. The third-order valence-corrected chi connectivity index (χ3v) is 3.71. The second-order valence-electron chi connectivity index (χ2n) is 5.15. The van der Waals surface area contributed by atoms with Gasteiger partial charge >= 0.3 is 0 Å². The van der Waals surface area contributed by atoms with Gasteiger partial charge in [0.1, 0.15) is 5.60 Å². The number of nitrogens with zero attached hydrogens (tertiary/aromatic N) is 2. The molecule has 0 saturated heterocycles. The van der Waals surface area contributed by atoms with Crippen molar-refractivity contribution in [1.29, 1.82) is 5.26 Å². The Morgan fingerprint density at radius 3 is 2.67 bits per heavy atom. The number of pyridine rings is 1. The van der Waals surface area contributed by atoms with Gasteiger partial charge in [0, 0.05) is 17.1 Å². The maximum Gasteiger partial charge on any atom is 0.114 e. The summed E-state index contributed by atoms with van der Waals surface area (Å²) in [5.74, 6) is 0. The second-order valence-corrected chi connectivity index (χ2v) is 5.15. The summed E-state index contributed by atoms with van der Waals surface area (Å²) in [4.78, 5) is 4.39. The summed E-state index contributed by atoms with van der Waals surface area (Å²) < 4.78 is 0. The Kier molecular flexibility index (Phi) is 3.17. The van der Waals surface area contributed by atoms with Gasteiger partial charge in [0.2, 0.25) is 0 Å². The van der Waals surface area contributed by atoms with Crippen molar-refractivity contribution < 1.29 is 5.11 Å². The maximum atomic E-state index is 11.0. The molecular formula is C18H14N2O. The van der Waals surface area contributed by atoms with Crippen LogP contribution in [0.4, 0.5) is 0 Å². The lowest BCUT2D eigenvalue weighted by atomic mass is 9.86. The molecule has 0 spiro atoms. The molecule has 0 aliphatic heterocycles. The number of fused-ring (bicyclic) bond motifs is 1. The fourth-order valence-electron chi connectivity index (χ4n) is 2.54. The summed E-state index contributed by atoms with van der Waals surface area (Å²) >= 11 is 0. The first kappa shape index (κ1) is 13.3. The topological polar surface area (TPSA) is 56.9 Å². The minimum atomic E-state index is -1.21. The Labute approximate surface area is 123 Å². The highest BCUT2D eigenvalue weighted by molar-refractivity contribution is 5.82. The highest BCUT2D eigenvalue weighted by Gasteiger charge is 2.28. The van der Waals surface area contributed by atoms with Crippen LogP contribution in [0.2, 0.25) is 0 Å². The Morgan fingerprint density at radius 2 is 1.86 bits per heavy atom. The predicted molar refractivity (Wildman–Crippen MR) is 81.6 cm³/mol. The molecule has 21 heavy (non-hydrogen) atoms. The van der Waals surface area contributed by atoms with E-state index in [0.717, 1.165) is 16.5 Å². The van der Waals surface area contributed by atoms with Gasteiger partial charge in [-0.25, -0.2) is 0 Å². The van der Waals surface area contributed by atoms with Crippen molar-refractivity contribution in [1.82, 2.24) is 4.98 Å². The van der Waals surface area contributed by atoms with Gasteiger partial charge < -0.3 is 5.11 Å². The molecule has 0 aliphatic rings. The van der Waals surface area contributed by atoms with Crippen molar-refractivity contribution in [3.05, 3.63) is 77.5 Å². The van der Waals surface area contributed by atoms with Crippen molar-refractivity contribution in [3.8, 4) is 6.07 Å². The maximum absolute atomic E-state index is 11.0. The van der Waals surface area contributed by atoms with Crippen LogP contribution in [-0.2, 0) is 5.60 Å². The van der Waals surface area contributed by atoms with Gasteiger partial charge in [-0.2, -0.15) is 5.26 Å². The van der Waals surface area contributed by atoms with E-state index >= 15 is 0 Å². The monoisotopic (exact) mass is 274 g/mol. The molecule has 2 aromatic carbocycles. The lowest BCUT2D eigenvalue weighted by Crippen LogP contribution is -2.23. The summed E-state index contributed by atoms with van der Waals surface area (Å²) in [6, 6.07) is 18.7. The molecule has 1 aromatic heterocycles. The fraction of sp³-hybridized carbons (Fsp3) is 0.111. The van der Waals surface area contributed by atoms with Crippen molar-refractivity contribution >= 4 is 10.9 Å². The standard InChI is InChI=1S/C18H14N2O/c1-18(21,15-8-2-5-13(11-15)12-19)16-9-3-6-14-7-4-10-20-17(14)16/h2-11,21H,1H3. The van der Waals surface area contributed by atoms with E-state index in [1.54, 1.807) is 31.3 Å². The third kappa shape index (κ3) is 2.26. The van der Waals surface area contributed by atoms with Gasteiger partial charge in [-0.15, -0.1) is 0 Å². The molecule has 0 radical (unpaired) electrons. The molecule has 102 valence electrons. The van der Waals surface area contributed by atoms with E-state index in [-0.39, 0.29) is 0 Å². The number of hydrogen-bond acceptors (Lipinski definition) is 3. The van der Waals surface area contributed by atoms with Gasteiger partial charge in [0.05, 0.1) is 17.1 Å². The Morgan fingerprint density at radius 1 is 1.10 bits per heavy atom. The zero-order valence-corrected chi connectivity index (χ0v) is 11.6. The highest BCUT2D eigenvalue weighted by atomic mass is 16.3. The molecule has 0 saturated carbocycles. The van der Waals surface area contributed by atoms with E-state index < -0.39 is 5.60 Å². The van der Waals surface area contributed by atoms with Gasteiger partial charge in [-0.3, -0.25) is 4.98 Å². The van der Waals surface area contributed by atoms with Gasteiger partial charge in [-0.05, 0) is 30.7 Å². The average molecular weight is 274 g/mol. The minimum Gasteiger partial charge on any atom is -0.381 e. The first-order chi connectivity index (χ1) is 10.1. The summed E-state index contributed by atoms with van der Waals surface area (Å²) in [5.41, 5.74) is 1.50. The number of aliphatic hydroxyl groups is 1. The molecule has 3 aromatic rings. The zero-order chi connectivity index (χ0) is 14.9. The summed E-state index contributed by atoms with van der Waals surface area (Å²) in [6.45, 7) is 1.73. The number of rotatable bonds is 2. The molecule has 3 heteroatoms. The fourth-order valence-corrected chi connectivity index (χ4v) is 2.54. The number of para-hydroxylation sites is 1. The molecule has 3 nitrogen and oxygen atoms in total. The Balaban J connectivity index is 2.22. The average Bonchev–Trinajstić information content (AvgIpc) is 2.54. The van der Waals surface area contributed by atoms with Crippen LogP contribution in [0.1, 0.15) is 23.6 Å². The van der Waals surface area contributed by atoms with Crippen LogP contribution in [0.15, 0.2) is 60.8 Å². The van der Waals surface area contributed by atoms with E-state index in [9.17, 15) is 5.11 Å². The summed E-state index contributed by atoms with van der Waals surface area (Å²) in [6.07, 6.45) is 1.72. The Bertz CT molecular complexity index is 842. The molecule has 0 aliphatic carbocycles. The first-order valence-corrected chi connectivity index (χ1v) is 6.70. The van der Waals surface area contributed by atoms with Crippen LogP contribution in [0.25, 0.3) is 10.9 Å². The number of nitriles is 1. The lowest BCUT2D eigenvalue weighted by Gasteiger charge is -2.25. The molecule has 1 heterocycles. The molecule has 3 rings (SSSR count). The SMILES string of the molecule is CC(O)(c1cccc(C#N)c1)c1cccc2cccnc12. The zero-order valence-electron chi connectivity index (χ0n) is 11.6. The third-order valence-electron chi connectivity index (χ3n) is 3.71. The largest absolute Gasteiger partial charge is 0.381 e. The van der Waals surface area contributed by atoms with Crippen molar-refractivity contribution in [2.24, 2.45) is 0 Å². The molecule has 1 atom stereocenters. The number of hydrogen-bond donors (Lipinski definition) is 1. The highest BCUT2D eigenvalue weighted by Crippen LogP contribution is 2.33. The van der Waals surface area contributed by atoms with E-state index in [1.807, 2.05) is 36.4 Å². The van der Waals surface area contributed by atoms with Gasteiger partial charge in [0.25, 0.3) is 0 Å². The Hall–Kier alpha value is -2.70. The van der Waals surface area contributed by atoms with Crippen molar-refractivity contribution in [3.63, 3.8) is 0 Å². The molecular weight excluding hydrogens is 260 g/mol. The van der Waals surface area contributed by atoms with Crippen molar-refractivity contribution in [2.45, 2.75) is 12.5 Å². The molecule has 0 fully saturated rings. The van der Waals surface area contributed by atoms with Crippen LogP contribution >= 0.6 is 0 Å². The van der Waals surface area contributed by atoms with E-state index in [2.05, 4.69) is 11.1 Å². The summed E-state index contributed by atoms with van der Waals surface area (Å²) in [7, 11) is 0. The predicted octanol–water partition coefficient (Wildman–Crippen LogP) is 3.36. The molecule has 0 bridgehead atoms. The lowest BCUT2D eigenvalue weighted by molar-refractivity contribution is 0.104. The van der Waals surface area contributed by atoms with Crippen LogP contribution in [0.5, 0.6) is 0 Å². The van der Waals surface area contributed by atoms with E-state index in [1.165, 1.54) is 0 Å². The van der Waals surface area contributed by atoms with E-state index in [0.29, 0.717) is 11.1 Å². The van der Waals surface area contributed by atoms with Gasteiger partial charge in [0.15, 0.2) is 0 Å². The van der Waals surface area contributed by atoms with Crippen LogP contribution in [0, 0.1) is 11.3 Å². The van der Waals surface area contributed by atoms with E-state index in [4.69, 9.17) is 5.26 Å². The molecule has 1 unspecified atom stereocenters. The molecule has 1 N–H and O–H groups in total.